The van der Waals surface area contributed by atoms with Crippen LogP contribution in [0, 0.1) is 17.3 Å². The van der Waals surface area contributed by atoms with E-state index in [-0.39, 0.29) is 36.8 Å². The topological polar surface area (TPSA) is 117 Å². The minimum atomic E-state index is -1.26. The fourth-order valence-corrected chi connectivity index (χ4v) is 8.63. The normalized spacial score (nSPS) is 26.5. The maximum Gasteiger partial charge on any atom is 0.313 e. The highest BCUT2D eigenvalue weighted by atomic mass is 16.6. The van der Waals surface area contributed by atoms with E-state index in [4.69, 9.17) is 9.47 Å². The van der Waals surface area contributed by atoms with Gasteiger partial charge in [-0.05, 0) is 64.4 Å². The Labute approximate surface area is 292 Å². The van der Waals surface area contributed by atoms with E-state index < -0.39 is 65.2 Å². The van der Waals surface area contributed by atoms with Crippen LogP contribution in [0.25, 0.3) is 0 Å². The molecule has 3 saturated heterocycles. The van der Waals surface area contributed by atoms with Crippen molar-refractivity contribution in [1.29, 1.82) is 0 Å². The second kappa shape index (κ2) is 14.8. The van der Waals surface area contributed by atoms with E-state index in [1.54, 1.807) is 35.9 Å². The van der Waals surface area contributed by atoms with Gasteiger partial charge < -0.3 is 29.3 Å². The van der Waals surface area contributed by atoms with Gasteiger partial charge in [0.05, 0.1) is 36.6 Å². The predicted molar refractivity (Wildman–Crippen MR) is 188 cm³/mol. The maximum atomic E-state index is 14.9. The average molecular weight is 680 g/mol. The maximum absolute atomic E-state index is 14.9. The number of amides is 3. The number of benzene rings is 1. The first-order valence-electron chi connectivity index (χ1n) is 17.6. The number of aliphatic hydroxyl groups excluding tert-OH is 1. The third kappa shape index (κ3) is 7.36. The number of fused-ring (bicyclic) bond motifs is 1. The Morgan fingerprint density at radius 2 is 1.78 bits per heavy atom. The fraction of sp³-hybridized carbons (Fsp3) is 0.641. The number of hydrogen-bond donors (Lipinski definition) is 1. The van der Waals surface area contributed by atoms with Gasteiger partial charge in [0, 0.05) is 25.6 Å². The van der Waals surface area contributed by atoms with Crippen molar-refractivity contribution in [3.63, 3.8) is 0 Å². The highest BCUT2D eigenvalue weighted by molar-refractivity contribution is 5.98. The molecule has 3 fully saturated rings. The second-order valence-corrected chi connectivity index (χ2v) is 16.0. The van der Waals surface area contributed by atoms with Crippen LogP contribution in [-0.2, 0) is 28.7 Å². The van der Waals surface area contributed by atoms with Gasteiger partial charge in [0.15, 0.2) is 0 Å². The summed E-state index contributed by atoms with van der Waals surface area (Å²) in [6, 6.07) is 7.01. The molecule has 270 valence electrons. The SMILES string of the molecule is C=CCCC(=O)N(C)[C@@H](C)[C@@H](OC(=O)[C@@H]1[C@H]2C(=O)N([C@H](C)CO)[C@H](C(=O)N(CC=C)C(C)(C)CC(C)(C)C)[C@]23CC[C@H]1O3)c1ccccc1. The summed E-state index contributed by atoms with van der Waals surface area (Å²) in [5.74, 6) is -3.29. The summed E-state index contributed by atoms with van der Waals surface area (Å²) in [4.78, 5) is 61.6. The van der Waals surface area contributed by atoms with Gasteiger partial charge in [-0.3, -0.25) is 19.2 Å². The molecule has 1 N–H and O–H groups in total. The van der Waals surface area contributed by atoms with Crippen LogP contribution in [0.2, 0.25) is 0 Å². The summed E-state index contributed by atoms with van der Waals surface area (Å²) in [6.45, 7) is 21.5. The average Bonchev–Trinajstić information content (AvgIpc) is 3.70. The zero-order valence-electron chi connectivity index (χ0n) is 30.7. The van der Waals surface area contributed by atoms with Crippen LogP contribution in [0.15, 0.2) is 55.6 Å². The monoisotopic (exact) mass is 679 g/mol. The van der Waals surface area contributed by atoms with Crippen LogP contribution in [0.1, 0.15) is 92.2 Å². The van der Waals surface area contributed by atoms with Crippen molar-refractivity contribution in [2.45, 2.75) is 122 Å². The number of hydrogen-bond acceptors (Lipinski definition) is 7. The number of carbonyl (C=O) groups excluding carboxylic acids is 4. The fourth-order valence-electron chi connectivity index (χ4n) is 8.63. The summed E-state index contributed by atoms with van der Waals surface area (Å²) < 4.78 is 13.0. The summed E-state index contributed by atoms with van der Waals surface area (Å²) >= 11 is 0. The zero-order valence-corrected chi connectivity index (χ0v) is 30.7. The predicted octanol–water partition coefficient (Wildman–Crippen LogP) is 5.07. The number of ether oxygens (including phenoxy) is 2. The first kappa shape index (κ1) is 38.3. The van der Waals surface area contributed by atoms with E-state index in [1.165, 1.54) is 4.90 Å². The molecule has 10 heteroatoms. The molecule has 8 atom stereocenters. The van der Waals surface area contributed by atoms with Crippen molar-refractivity contribution in [3.8, 4) is 0 Å². The first-order chi connectivity index (χ1) is 23.0. The molecule has 1 aromatic carbocycles. The number of likely N-dealkylation sites (N-methyl/N-ethyl adjacent to an activating group) is 1. The molecule has 0 radical (unpaired) electrons. The van der Waals surface area contributed by atoms with Gasteiger partial charge in [-0.1, -0.05) is 63.3 Å². The minimum Gasteiger partial charge on any atom is -0.455 e. The van der Waals surface area contributed by atoms with Crippen LogP contribution in [-0.4, -0.2) is 99.1 Å². The van der Waals surface area contributed by atoms with Gasteiger partial charge in [-0.15, -0.1) is 13.2 Å². The summed E-state index contributed by atoms with van der Waals surface area (Å²) in [5, 5.41) is 10.3. The van der Waals surface area contributed by atoms with Gasteiger partial charge in [0.25, 0.3) is 0 Å². The molecule has 0 aromatic heterocycles. The number of allylic oxidation sites excluding steroid dienone is 1. The third-order valence-electron chi connectivity index (χ3n) is 10.6. The molecule has 4 rings (SSSR count). The molecule has 1 aromatic rings. The van der Waals surface area contributed by atoms with Crippen molar-refractivity contribution in [2.24, 2.45) is 17.3 Å². The molecule has 1 spiro atoms. The first-order valence-corrected chi connectivity index (χ1v) is 17.6. The van der Waals surface area contributed by atoms with E-state index >= 15 is 0 Å². The van der Waals surface area contributed by atoms with Gasteiger partial charge >= 0.3 is 5.97 Å². The molecule has 3 amide bonds. The lowest BCUT2D eigenvalue weighted by atomic mass is 9.70. The van der Waals surface area contributed by atoms with Gasteiger partial charge in [-0.25, -0.2) is 0 Å². The highest BCUT2D eigenvalue weighted by Crippen LogP contribution is 2.59. The zero-order chi connectivity index (χ0) is 36.5. The van der Waals surface area contributed by atoms with Gasteiger partial charge in [0.2, 0.25) is 17.7 Å². The molecular formula is C39H57N3O7. The number of likely N-dealkylation sites (tertiary alicyclic amines) is 1. The van der Waals surface area contributed by atoms with Crippen LogP contribution >= 0.6 is 0 Å². The van der Waals surface area contributed by atoms with Gasteiger partial charge in [0.1, 0.15) is 17.7 Å². The summed E-state index contributed by atoms with van der Waals surface area (Å²) in [6.07, 6.45) is 4.34. The number of aliphatic hydroxyl groups is 1. The Kier molecular flexibility index (Phi) is 11.5. The summed E-state index contributed by atoms with van der Waals surface area (Å²) in [5.41, 5.74) is -1.23. The standard InChI is InChI=1S/C39H57N3O7/c1-11-13-19-29(44)40(10)26(4)32(27-17-15-14-16-18-27)48-36(47)30-28-20-21-39(49-28)31(30)34(45)42(25(3)23-43)33(39)35(46)41(22-12-2)38(8,9)24-37(5,6)7/h11-12,14-18,25-26,28,30-33,43H,1-2,13,19-24H2,3-10H3/t25-,26+,28-,30+,31+,32-,33-,39+/m1/s1. The Morgan fingerprint density at radius 3 is 2.35 bits per heavy atom. The number of rotatable bonds is 15. The molecule has 3 aliphatic rings. The van der Waals surface area contributed by atoms with E-state index in [1.807, 2.05) is 51.1 Å². The quantitative estimate of drug-likeness (QED) is 0.203. The number of esters is 1. The number of nitrogens with zero attached hydrogens (tertiary/aromatic N) is 3. The lowest BCUT2D eigenvalue weighted by molar-refractivity contribution is -0.165. The highest BCUT2D eigenvalue weighted by Gasteiger charge is 2.75. The summed E-state index contributed by atoms with van der Waals surface area (Å²) in [7, 11) is 1.69. The van der Waals surface area contributed by atoms with Crippen LogP contribution in [0.4, 0.5) is 0 Å². The molecular weight excluding hydrogens is 622 g/mol. The Bertz CT molecular complexity index is 1400. The van der Waals surface area contributed by atoms with Crippen molar-refractivity contribution < 1.29 is 33.8 Å². The van der Waals surface area contributed by atoms with Crippen LogP contribution in [0.3, 0.4) is 0 Å². The Morgan fingerprint density at radius 1 is 1.12 bits per heavy atom. The Hall–Kier alpha value is -3.50. The smallest absolute Gasteiger partial charge is 0.313 e. The van der Waals surface area contributed by atoms with E-state index in [9.17, 15) is 24.3 Å². The van der Waals surface area contributed by atoms with E-state index in [0.29, 0.717) is 31.2 Å². The van der Waals surface area contributed by atoms with Crippen molar-refractivity contribution >= 4 is 23.7 Å². The molecule has 0 saturated carbocycles. The lowest BCUT2D eigenvalue weighted by Crippen LogP contribution is -2.62. The Balaban J connectivity index is 1.72. The van der Waals surface area contributed by atoms with Crippen molar-refractivity contribution in [3.05, 3.63) is 61.2 Å². The molecule has 10 nitrogen and oxygen atoms in total. The van der Waals surface area contributed by atoms with Crippen molar-refractivity contribution in [1.82, 2.24) is 14.7 Å². The van der Waals surface area contributed by atoms with E-state index in [0.717, 1.165) is 0 Å². The van der Waals surface area contributed by atoms with Gasteiger partial charge in [-0.2, -0.15) is 0 Å². The van der Waals surface area contributed by atoms with Crippen LogP contribution < -0.4 is 0 Å². The lowest BCUT2D eigenvalue weighted by Gasteiger charge is -2.46. The molecule has 2 bridgehead atoms. The third-order valence-corrected chi connectivity index (χ3v) is 10.6. The van der Waals surface area contributed by atoms with Crippen LogP contribution in [0.5, 0.6) is 0 Å². The molecule has 3 heterocycles. The van der Waals surface area contributed by atoms with Crippen molar-refractivity contribution in [2.75, 3.05) is 20.2 Å². The molecule has 0 aliphatic carbocycles. The molecule has 0 unspecified atom stereocenters. The largest absolute Gasteiger partial charge is 0.455 e. The molecule has 49 heavy (non-hydrogen) atoms. The van der Waals surface area contributed by atoms with E-state index in [2.05, 4.69) is 33.9 Å². The minimum absolute atomic E-state index is 0.0957. The number of carbonyl (C=O) groups is 4. The molecule has 3 aliphatic heterocycles. The second-order valence-electron chi connectivity index (χ2n) is 16.0.